The molecule has 0 aliphatic carbocycles. The zero-order valence-electron chi connectivity index (χ0n) is 9.86. The highest BCUT2D eigenvalue weighted by Gasteiger charge is 2.07. The zero-order valence-corrected chi connectivity index (χ0v) is 9.86. The summed E-state index contributed by atoms with van der Waals surface area (Å²) in [7, 11) is 0. The standard InChI is InChI=1S/C12H21N3O/c1-2-8-16-9-6-12(15-13)10-11-5-3-4-7-14-11/h3-5,7,12,15H,2,6,8-10,13H2,1H3. The van der Waals surface area contributed by atoms with Crippen LogP contribution in [0, 0.1) is 0 Å². The van der Waals surface area contributed by atoms with Crippen molar-refractivity contribution in [3.05, 3.63) is 30.1 Å². The van der Waals surface area contributed by atoms with E-state index in [0.29, 0.717) is 0 Å². The van der Waals surface area contributed by atoms with Crippen LogP contribution in [0.5, 0.6) is 0 Å². The molecule has 0 spiro atoms. The highest BCUT2D eigenvalue weighted by molar-refractivity contribution is 5.05. The maximum Gasteiger partial charge on any atom is 0.0481 e. The van der Waals surface area contributed by atoms with Crippen LogP contribution >= 0.6 is 0 Å². The molecule has 0 radical (unpaired) electrons. The number of hydrazine groups is 1. The van der Waals surface area contributed by atoms with E-state index in [1.807, 2.05) is 18.2 Å². The topological polar surface area (TPSA) is 60.2 Å². The number of hydrogen-bond acceptors (Lipinski definition) is 4. The fourth-order valence-corrected chi connectivity index (χ4v) is 1.49. The SMILES string of the molecule is CCCOCCC(Cc1ccccn1)NN. The van der Waals surface area contributed by atoms with Gasteiger partial charge in [0, 0.05) is 37.6 Å². The minimum absolute atomic E-state index is 0.228. The van der Waals surface area contributed by atoms with Crippen molar-refractivity contribution < 1.29 is 4.74 Å². The third-order valence-corrected chi connectivity index (χ3v) is 2.38. The van der Waals surface area contributed by atoms with Gasteiger partial charge in [0.15, 0.2) is 0 Å². The van der Waals surface area contributed by atoms with E-state index in [9.17, 15) is 0 Å². The van der Waals surface area contributed by atoms with Crippen LogP contribution in [-0.2, 0) is 11.2 Å². The van der Waals surface area contributed by atoms with Gasteiger partial charge in [0.1, 0.15) is 0 Å². The lowest BCUT2D eigenvalue weighted by atomic mass is 10.1. The zero-order chi connectivity index (χ0) is 11.6. The Hall–Kier alpha value is -0.970. The number of aromatic nitrogens is 1. The third kappa shape index (κ3) is 5.21. The summed E-state index contributed by atoms with van der Waals surface area (Å²) in [5, 5.41) is 0. The van der Waals surface area contributed by atoms with Gasteiger partial charge < -0.3 is 4.74 Å². The second-order valence-electron chi connectivity index (χ2n) is 3.79. The largest absolute Gasteiger partial charge is 0.381 e. The molecule has 1 unspecified atom stereocenters. The highest BCUT2D eigenvalue weighted by Crippen LogP contribution is 2.02. The van der Waals surface area contributed by atoms with Crippen LogP contribution in [0.2, 0.25) is 0 Å². The fourth-order valence-electron chi connectivity index (χ4n) is 1.49. The predicted molar refractivity (Wildman–Crippen MR) is 64.8 cm³/mol. The molecule has 0 aliphatic heterocycles. The number of nitrogens with one attached hydrogen (secondary N) is 1. The van der Waals surface area contributed by atoms with Gasteiger partial charge in [-0.2, -0.15) is 0 Å². The van der Waals surface area contributed by atoms with Crippen LogP contribution in [0.4, 0.5) is 0 Å². The van der Waals surface area contributed by atoms with Crippen molar-refractivity contribution in [1.29, 1.82) is 0 Å². The summed E-state index contributed by atoms with van der Waals surface area (Å²) < 4.78 is 5.44. The van der Waals surface area contributed by atoms with Gasteiger partial charge in [-0.3, -0.25) is 16.3 Å². The molecule has 0 saturated carbocycles. The van der Waals surface area contributed by atoms with Crippen LogP contribution in [0.25, 0.3) is 0 Å². The van der Waals surface area contributed by atoms with E-state index in [1.165, 1.54) is 0 Å². The van der Waals surface area contributed by atoms with E-state index in [-0.39, 0.29) is 6.04 Å². The van der Waals surface area contributed by atoms with Gasteiger partial charge in [-0.1, -0.05) is 13.0 Å². The van der Waals surface area contributed by atoms with Crippen molar-refractivity contribution in [2.45, 2.75) is 32.2 Å². The normalized spacial score (nSPS) is 12.6. The van der Waals surface area contributed by atoms with Gasteiger partial charge in [-0.05, 0) is 25.0 Å². The average molecular weight is 223 g/mol. The maximum absolute atomic E-state index is 5.50. The summed E-state index contributed by atoms with van der Waals surface area (Å²) in [4.78, 5) is 4.27. The van der Waals surface area contributed by atoms with Gasteiger partial charge in [-0.15, -0.1) is 0 Å². The van der Waals surface area contributed by atoms with Crippen LogP contribution in [0.3, 0.4) is 0 Å². The summed E-state index contributed by atoms with van der Waals surface area (Å²) in [6.45, 7) is 3.67. The lowest BCUT2D eigenvalue weighted by Crippen LogP contribution is -2.37. The molecule has 0 aliphatic rings. The van der Waals surface area contributed by atoms with Gasteiger partial charge in [0.05, 0.1) is 0 Å². The Morgan fingerprint density at radius 1 is 1.44 bits per heavy atom. The molecule has 0 bridgehead atoms. The average Bonchev–Trinajstić information content (AvgIpc) is 2.34. The van der Waals surface area contributed by atoms with Gasteiger partial charge in [0.2, 0.25) is 0 Å². The molecule has 4 nitrogen and oxygen atoms in total. The van der Waals surface area contributed by atoms with Gasteiger partial charge in [0.25, 0.3) is 0 Å². The predicted octanol–water partition coefficient (Wildman–Crippen LogP) is 1.27. The Morgan fingerprint density at radius 2 is 2.31 bits per heavy atom. The van der Waals surface area contributed by atoms with Crippen molar-refractivity contribution >= 4 is 0 Å². The summed E-state index contributed by atoms with van der Waals surface area (Å²) >= 11 is 0. The number of ether oxygens (including phenoxy) is 1. The lowest BCUT2D eigenvalue weighted by molar-refractivity contribution is 0.124. The van der Waals surface area contributed by atoms with Crippen molar-refractivity contribution in [2.75, 3.05) is 13.2 Å². The Labute approximate surface area is 97.2 Å². The molecule has 90 valence electrons. The monoisotopic (exact) mass is 223 g/mol. The Bertz CT molecular complexity index is 266. The van der Waals surface area contributed by atoms with Gasteiger partial charge in [-0.25, -0.2) is 0 Å². The molecule has 1 aromatic rings. The van der Waals surface area contributed by atoms with Crippen LogP contribution in [-0.4, -0.2) is 24.2 Å². The van der Waals surface area contributed by atoms with Crippen LogP contribution < -0.4 is 11.3 Å². The highest BCUT2D eigenvalue weighted by atomic mass is 16.5. The quantitative estimate of drug-likeness (QED) is 0.396. The number of hydrogen-bond donors (Lipinski definition) is 2. The Morgan fingerprint density at radius 3 is 2.94 bits per heavy atom. The number of nitrogens with two attached hydrogens (primary N) is 1. The van der Waals surface area contributed by atoms with E-state index in [0.717, 1.165) is 38.2 Å². The third-order valence-electron chi connectivity index (χ3n) is 2.38. The molecule has 3 N–H and O–H groups in total. The molecule has 4 heteroatoms. The van der Waals surface area contributed by atoms with Crippen molar-refractivity contribution in [2.24, 2.45) is 5.84 Å². The number of rotatable bonds is 8. The molecular weight excluding hydrogens is 202 g/mol. The van der Waals surface area contributed by atoms with Crippen molar-refractivity contribution in [3.8, 4) is 0 Å². The van der Waals surface area contributed by atoms with E-state index >= 15 is 0 Å². The smallest absolute Gasteiger partial charge is 0.0481 e. The minimum atomic E-state index is 0.228. The molecular formula is C12H21N3O. The second kappa shape index (κ2) is 8.21. The van der Waals surface area contributed by atoms with Crippen LogP contribution in [0.1, 0.15) is 25.5 Å². The van der Waals surface area contributed by atoms with Crippen LogP contribution in [0.15, 0.2) is 24.4 Å². The fraction of sp³-hybridized carbons (Fsp3) is 0.583. The molecule has 1 atom stereocenters. The van der Waals surface area contributed by atoms with E-state index in [4.69, 9.17) is 10.6 Å². The molecule has 0 aromatic carbocycles. The summed E-state index contributed by atoms with van der Waals surface area (Å²) in [5.74, 6) is 5.50. The molecule has 0 amide bonds. The first-order chi connectivity index (χ1) is 7.86. The summed E-state index contributed by atoms with van der Waals surface area (Å²) in [6, 6.07) is 6.14. The first-order valence-electron chi connectivity index (χ1n) is 5.80. The number of nitrogens with zero attached hydrogens (tertiary/aromatic N) is 1. The molecule has 1 heterocycles. The second-order valence-corrected chi connectivity index (χ2v) is 3.79. The minimum Gasteiger partial charge on any atom is -0.381 e. The molecule has 1 aromatic heterocycles. The molecule has 16 heavy (non-hydrogen) atoms. The Balaban J connectivity index is 2.26. The summed E-state index contributed by atoms with van der Waals surface area (Å²) in [6.07, 6.45) is 4.61. The first-order valence-corrected chi connectivity index (χ1v) is 5.80. The molecule has 0 saturated heterocycles. The lowest BCUT2D eigenvalue weighted by Gasteiger charge is -2.15. The Kier molecular flexibility index (Phi) is 6.72. The summed E-state index contributed by atoms with van der Waals surface area (Å²) in [5.41, 5.74) is 3.86. The van der Waals surface area contributed by atoms with Gasteiger partial charge >= 0.3 is 0 Å². The number of pyridine rings is 1. The molecule has 0 fully saturated rings. The van der Waals surface area contributed by atoms with E-state index < -0.39 is 0 Å². The van der Waals surface area contributed by atoms with Crippen molar-refractivity contribution in [3.63, 3.8) is 0 Å². The van der Waals surface area contributed by atoms with E-state index in [1.54, 1.807) is 6.20 Å². The maximum atomic E-state index is 5.50. The first kappa shape index (κ1) is 13.1. The molecule has 1 rings (SSSR count). The van der Waals surface area contributed by atoms with Crippen molar-refractivity contribution in [1.82, 2.24) is 10.4 Å². The van der Waals surface area contributed by atoms with E-state index in [2.05, 4.69) is 17.3 Å².